The summed E-state index contributed by atoms with van der Waals surface area (Å²) in [6.07, 6.45) is 2.35. The van der Waals surface area contributed by atoms with E-state index in [4.69, 9.17) is 5.26 Å². The third kappa shape index (κ3) is 2.35. The van der Waals surface area contributed by atoms with Gasteiger partial charge < -0.3 is 10.6 Å². The van der Waals surface area contributed by atoms with E-state index in [9.17, 15) is 4.79 Å². The van der Waals surface area contributed by atoms with Crippen LogP contribution >= 0.6 is 0 Å². The fourth-order valence-electron chi connectivity index (χ4n) is 1.63. The summed E-state index contributed by atoms with van der Waals surface area (Å²) in [7, 11) is 0. The van der Waals surface area contributed by atoms with E-state index in [1.165, 1.54) is 6.20 Å². The van der Waals surface area contributed by atoms with E-state index in [0.717, 1.165) is 19.5 Å². The Balaban J connectivity index is 2.00. The van der Waals surface area contributed by atoms with E-state index in [1.54, 1.807) is 12.1 Å². The van der Waals surface area contributed by atoms with Crippen LogP contribution in [-0.2, 0) is 0 Å². The van der Waals surface area contributed by atoms with Gasteiger partial charge in [0.25, 0.3) is 5.91 Å². The van der Waals surface area contributed by atoms with Crippen molar-refractivity contribution in [2.24, 2.45) is 0 Å². The van der Waals surface area contributed by atoms with Crippen LogP contribution in [0.25, 0.3) is 0 Å². The molecule has 2 heterocycles. The summed E-state index contributed by atoms with van der Waals surface area (Å²) in [5.74, 6) is -0.182. The van der Waals surface area contributed by atoms with Gasteiger partial charge in [0, 0.05) is 18.8 Å². The lowest BCUT2D eigenvalue weighted by Gasteiger charge is -2.10. The molecular weight excluding hydrogens is 204 g/mol. The first kappa shape index (κ1) is 10.6. The van der Waals surface area contributed by atoms with Gasteiger partial charge in [-0.05, 0) is 25.1 Å². The summed E-state index contributed by atoms with van der Waals surface area (Å²) < 4.78 is 0. The topological polar surface area (TPSA) is 77.8 Å². The fraction of sp³-hybridized carbons (Fsp3) is 0.364. The quantitative estimate of drug-likeness (QED) is 0.732. The number of pyridine rings is 1. The average Bonchev–Trinajstić information content (AvgIpc) is 2.82. The number of carbonyl (C=O) groups is 1. The SMILES string of the molecule is N#Cc1ccc(C(=O)N[C@@H]2CCNC2)nc1. The first-order valence-electron chi connectivity index (χ1n) is 5.17. The fourth-order valence-corrected chi connectivity index (χ4v) is 1.63. The normalized spacial score (nSPS) is 19.1. The molecule has 1 aliphatic heterocycles. The Bertz CT molecular complexity index is 415. The summed E-state index contributed by atoms with van der Waals surface area (Å²) >= 11 is 0. The highest BCUT2D eigenvalue weighted by Gasteiger charge is 2.17. The molecule has 0 bridgehead atoms. The molecule has 1 amide bonds. The predicted octanol–water partition coefficient (Wildman–Crippen LogP) is 0.0450. The first-order valence-corrected chi connectivity index (χ1v) is 5.17. The van der Waals surface area contributed by atoms with Crippen LogP contribution in [0.3, 0.4) is 0 Å². The Morgan fingerprint density at radius 3 is 3.06 bits per heavy atom. The Morgan fingerprint density at radius 2 is 2.50 bits per heavy atom. The van der Waals surface area contributed by atoms with Crippen LogP contribution in [0.1, 0.15) is 22.5 Å². The number of nitrogens with one attached hydrogen (secondary N) is 2. The van der Waals surface area contributed by atoms with Crippen molar-refractivity contribution >= 4 is 5.91 Å². The molecule has 82 valence electrons. The van der Waals surface area contributed by atoms with E-state index >= 15 is 0 Å². The molecule has 5 heteroatoms. The number of nitriles is 1. The minimum Gasteiger partial charge on any atom is -0.347 e. The molecule has 0 aromatic carbocycles. The van der Waals surface area contributed by atoms with Crippen LogP contribution in [0.15, 0.2) is 18.3 Å². The number of amides is 1. The van der Waals surface area contributed by atoms with Crippen LogP contribution in [0.5, 0.6) is 0 Å². The highest BCUT2D eigenvalue weighted by molar-refractivity contribution is 5.92. The molecule has 1 aromatic rings. The molecule has 1 saturated heterocycles. The summed E-state index contributed by atoms with van der Waals surface area (Å²) in [5.41, 5.74) is 0.810. The van der Waals surface area contributed by atoms with Gasteiger partial charge in [0.15, 0.2) is 0 Å². The number of rotatable bonds is 2. The minimum atomic E-state index is -0.182. The van der Waals surface area contributed by atoms with Crippen molar-refractivity contribution in [1.82, 2.24) is 15.6 Å². The van der Waals surface area contributed by atoms with Gasteiger partial charge in [0.1, 0.15) is 11.8 Å². The van der Waals surface area contributed by atoms with Crippen LogP contribution in [0, 0.1) is 11.3 Å². The predicted molar refractivity (Wildman–Crippen MR) is 57.7 cm³/mol. The van der Waals surface area contributed by atoms with Crippen molar-refractivity contribution in [3.05, 3.63) is 29.6 Å². The van der Waals surface area contributed by atoms with E-state index in [-0.39, 0.29) is 11.9 Å². The zero-order valence-corrected chi connectivity index (χ0v) is 8.73. The number of carbonyl (C=O) groups excluding carboxylic acids is 1. The second-order valence-electron chi connectivity index (χ2n) is 3.71. The molecule has 2 rings (SSSR count). The smallest absolute Gasteiger partial charge is 0.270 e. The van der Waals surface area contributed by atoms with Crippen molar-refractivity contribution in [3.63, 3.8) is 0 Å². The van der Waals surface area contributed by atoms with Gasteiger partial charge in [-0.3, -0.25) is 4.79 Å². The lowest BCUT2D eigenvalue weighted by molar-refractivity contribution is 0.0935. The second-order valence-corrected chi connectivity index (χ2v) is 3.71. The van der Waals surface area contributed by atoms with Gasteiger partial charge in [-0.1, -0.05) is 0 Å². The molecule has 2 N–H and O–H groups in total. The third-order valence-corrected chi connectivity index (χ3v) is 2.52. The van der Waals surface area contributed by atoms with Gasteiger partial charge in [0.05, 0.1) is 5.56 Å². The summed E-state index contributed by atoms with van der Waals surface area (Å²) in [5, 5.41) is 14.7. The van der Waals surface area contributed by atoms with Gasteiger partial charge in [0.2, 0.25) is 0 Å². The zero-order valence-electron chi connectivity index (χ0n) is 8.73. The highest BCUT2D eigenvalue weighted by atomic mass is 16.1. The molecule has 1 aromatic heterocycles. The molecule has 1 atom stereocenters. The van der Waals surface area contributed by atoms with Gasteiger partial charge >= 0.3 is 0 Å². The van der Waals surface area contributed by atoms with Gasteiger partial charge in [-0.25, -0.2) is 4.98 Å². The Hall–Kier alpha value is -1.93. The number of hydrogen-bond acceptors (Lipinski definition) is 4. The number of hydrogen-bond donors (Lipinski definition) is 2. The van der Waals surface area contributed by atoms with Crippen molar-refractivity contribution in [1.29, 1.82) is 5.26 Å². The average molecular weight is 216 g/mol. The number of aromatic nitrogens is 1. The van der Waals surface area contributed by atoms with E-state index in [1.807, 2.05) is 6.07 Å². The van der Waals surface area contributed by atoms with Crippen LogP contribution in [0.4, 0.5) is 0 Å². The molecular formula is C11H12N4O. The molecule has 1 aliphatic rings. The summed E-state index contributed by atoms with van der Waals surface area (Å²) in [4.78, 5) is 15.7. The molecule has 0 aliphatic carbocycles. The Morgan fingerprint density at radius 1 is 1.62 bits per heavy atom. The highest BCUT2D eigenvalue weighted by Crippen LogP contribution is 2.02. The van der Waals surface area contributed by atoms with Crippen molar-refractivity contribution < 1.29 is 4.79 Å². The summed E-state index contributed by atoms with van der Waals surface area (Å²) in [6.45, 7) is 1.74. The minimum absolute atomic E-state index is 0.182. The van der Waals surface area contributed by atoms with Crippen molar-refractivity contribution in [2.45, 2.75) is 12.5 Å². The summed E-state index contributed by atoms with van der Waals surface area (Å²) in [6, 6.07) is 5.30. The van der Waals surface area contributed by atoms with E-state index in [0.29, 0.717) is 11.3 Å². The van der Waals surface area contributed by atoms with Crippen LogP contribution in [-0.4, -0.2) is 30.0 Å². The molecule has 0 radical (unpaired) electrons. The maximum absolute atomic E-state index is 11.7. The van der Waals surface area contributed by atoms with Crippen molar-refractivity contribution in [3.8, 4) is 6.07 Å². The maximum atomic E-state index is 11.7. The van der Waals surface area contributed by atoms with E-state index in [2.05, 4.69) is 15.6 Å². The van der Waals surface area contributed by atoms with Crippen LogP contribution < -0.4 is 10.6 Å². The number of nitrogens with zero attached hydrogens (tertiary/aromatic N) is 2. The zero-order chi connectivity index (χ0) is 11.4. The molecule has 0 spiro atoms. The standard InChI is InChI=1S/C11H12N4O/c12-5-8-1-2-10(14-6-8)11(16)15-9-3-4-13-7-9/h1-2,6,9,13H,3-4,7H2,(H,15,16)/t9-/m1/s1. The monoisotopic (exact) mass is 216 g/mol. The van der Waals surface area contributed by atoms with Crippen molar-refractivity contribution in [2.75, 3.05) is 13.1 Å². The second kappa shape index (κ2) is 4.73. The first-order chi connectivity index (χ1) is 7.79. The Kier molecular flexibility index (Phi) is 3.13. The van der Waals surface area contributed by atoms with E-state index < -0.39 is 0 Å². The van der Waals surface area contributed by atoms with Gasteiger partial charge in [-0.2, -0.15) is 5.26 Å². The Labute approximate surface area is 93.5 Å². The molecule has 16 heavy (non-hydrogen) atoms. The lowest BCUT2D eigenvalue weighted by Crippen LogP contribution is -2.36. The van der Waals surface area contributed by atoms with Gasteiger partial charge in [-0.15, -0.1) is 0 Å². The molecule has 1 fully saturated rings. The molecule has 5 nitrogen and oxygen atoms in total. The largest absolute Gasteiger partial charge is 0.347 e. The molecule has 0 saturated carbocycles. The molecule has 0 unspecified atom stereocenters. The third-order valence-electron chi connectivity index (χ3n) is 2.52. The maximum Gasteiger partial charge on any atom is 0.270 e. The van der Waals surface area contributed by atoms with Crippen LogP contribution in [0.2, 0.25) is 0 Å². The lowest BCUT2D eigenvalue weighted by atomic mass is 10.2.